The van der Waals surface area contributed by atoms with Gasteiger partial charge in [0.25, 0.3) is 0 Å². The van der Waals surface area contributed by atoms with E-state index in [2.05, 4.69) is 73.3 Å². The summed E-state index contributed by atoms with van der Waals surface area (Å²) in [6, 6.07) is 12.2. The topological polar surface area (TPSA) is 25.8 Å². The Morgan fingerprint density at radius 3 is 2.56 bits per heavy atom. The summed E-state index contributed by atoms with van der Waals surface area (Å²) in [4.78, 5) is 9.27. The van der Waals surface area contributed by atoms with Gasteiger partial charge in [0.15, 0.2) is 0 Å². The highest BCUT2D eigenvalue weighted by Crippen LogP contribution is 2.21. The van der Waals surface area contributed by atoms with Crippen molar-refractivity contribution in [3.63, 3.8) is 0 Å². The van der Waals surface area contributed by atoms with Crippen LogP contribution in [0.1, 0.15) is 0 Å². The number of rotatable bonds is 0. The van der Waals surface area contributed by atoms with Crippen LogP contribution in [0.3, 0.4) is 0 Å². The maximum absolute atomic E-state index is 4.66. The van der Waals surface area contributed by atoms with Crippen molar-refractivity contribution in [2.75, 3.05) is 0 Å². The molecule has 2 aromatic carbocycles. The SMILES string of the molecule is Ic1ccc2nc3cccc(I)c3nc2c1. The van der Waals surface area contributed by atoms with E-state index in [1.807, 2.05) is 18.2 Å². The zero-order chi connectivity index (χ0) is 11.1. The second-order valence-corrected chi connectivity index (χ2v) is 5.87. The average molecular weight is 432 g/mol. The lowest BCUT2D eigenvalue weighted by Gasteiger charge is -2.02. The highest BCUT2D eigenvalue weighted by Gasteiger charge is 2.04. The molecule has 0 spiro atoms. The molecule has 0 saturated carbocycles. The highest BCUT2D eigenvalue weighted by molar-refractivity contribution is 14.1. The van der Waals surface area contributed by atoms with E-state index in [9.17, 15) is 0 Å². The molecule has 4 heteroatoms. The van der Waals surface area contributed by atoms with Gasteiger partial charge >= 0.3 is 0 Å². The van der Waals surface area contributed by atoms with Gasteiger partial charge in [0.2, 0.25) is 0 Å². The molecule has 16 heavy (non-hydrogen) atoms. The fraction of sp³-hybridized carbons (Fsp3) is 0. The number of halogens is 2. The Bertz CT molecular complexity index is 695. The van der Waals surface area contributed by atoms with Crippen LogP contribution < -0.4 is 0 Å². The van der Waals surface area contributed by atoms with Gasteiger partial charge in [0.05, 0.1) is 16.6 Å². The van der Waals surface area contributed by atoms with E-state index in [0.717, 1.165) is 25.6 Å². The van der Waals surface area contributed by atoms with E-state index in [-0.39, 0.29) is 0 Å². The minimum Gasteiger partial charge on any atom is -0.244 e. The largest absolute Gasteiger partial charge is 0.244 e. The first kappa shape index (κ1) is 10.6. The number of hydrogen-bond acceptors (Lipinski definition) is 2. The molecule has 3 rings (SSSR count). The first-order valence-electron chi connectivity index (χ1n) is 4.75. The van der Waals surface area contributed by atoms with Crippen LogP contribution in [0, 0.1) is 7.14 Å². The number of aromatic nitrogens is 2. The summed E-state index contributed by atoms with van der Waals surface area (Å²) in [6.45, 7) is 0. The van der Waals surface area contributed by atoms with E-state index in [1.54, 1.807) is 0 Å². The summed E-state index contributed by atoms with van der Waals surface area (Å²) in [6.07, 6.45) is 0. The van der Waals surface area contributed by atoms with Crippen LogP contribution in [0.25, 0.3) is 22.1 Å². The van der Waals surface area contributed by atoms with Crippen LogP contribution in [0.2, 0.25) is 0 Å². The maximum atomic E-state index is 4.66. The van der Waals surface area contributed by atoms with E-state index < -0.39 is 0 Å². The minimum atomic E-state index is 0.954. The van der Waals surface area contributed by atoms with Gasteiger partial charge in [-0.25, -0.2) is 9.97 Å². The lowest BCUT2D eigenvalue weighted by Crippen LogP contribution is -1.89. The fourth-order valence-corrected chi connectivity index (χ4v) is 2.72. The third-order valence-corrected chi connectivity index (χ3v) is 3.92. The van der Waals surface area contributed by atoms with Crippen molar-refractivity contribution in [3.8, 4) is 0 Å². The standard InChI is InChI=1S/C12H6I2N2/c13-7-4-5-9-11(6-7)16-12-8(14)2-1-3-10(12)15-9/h1-6H. The van der Waals surface area contributed by atoms with Gasteiger partial charge in [-0.05, 0) is 75.5 Å². The fourth-order valence-electron chi connectivity index (χ4n) is 1.64. The van der Waals surface area contributed by atoms with Crippen LogP contribution in [0.15, 0.2) is 36.4 Å². The van der Waals surface area contributed by atoms with Crippen LogP contribution in [-0.4, -0.2) is 9.97 Å². The normalized spacial score (nSPS) is 11.1. The van der Waals surface area contributed by atoms with E-state index in [4.69, 9.17) is 0 Å². The summed E-state index contributed by atoms with van der Waals surface area (Å²) < 4.78 is 2.33. The Balaban J connectivity index is 2.49. The van der Waals surface area contributed by atoms with Crippen LogP contribution >= 0.6 is 45.2 Å². The first-order chi connectivity index (χ1) is 7.74. The summed E-state index contributed by atoms with van der Waals surface area (Å²) in [5.74, 6) is 0. The molecule has 0 saturated heterocycles. The quantitative estimate of drug-likeness (QED) is 0.397. The van der Waals surface area contributed by atoms with E-state index >= 15 is 0 Å². The lowest BCUT2D eigenvalue weighted by molar-refractivity contribution is 1.38. The van der Waals surface area contributed by atoms with Crippen LogP contribution in [0.4, 0.5) is 0 Å². The molecule has 0 atom stereocenters. The predicted octanol–water partition coefficient (Wildman–Crippen LogP) is 3.99. The van der Waals surface area contributed by atoms with Crippen LogP contribution in [0.5, 0.6) is 0 Å². The molecule has 2 nitrogen and oxygen atoms in total. The van der Waals surface area contributed by atoms with Gasteiger partial charge < -0.3 is 0 Å². The number of benzene rings is 2. The smallest absolute Gasteiger partial charge is 0.103 e. The number of para-hydroxylation sites is 1. The Labute approximate surface area is 120 Å². The molecular formula is C12H6I2N2. The molecule has 0 radical (unpaired) electrons. The Kier molecular flexibility index (Phi) is 2.70. The molecular weight excluding hydrogens is 426 g/mol. The lowest BCUT2D eigenvalue weighted by atomic mass is 10.2. The van der Waals surface area contributed by atoms with Gasteiger partial charge in [-0.2, -0.15) is 0 Å². The van der Waals surface area contributed by atoms with Crippen molar-refractivity contribution in [1.29, 1.82) is 0 Å². The molecule has 78 valence electrons. The van der Waals surface area contributed by atoms with Gasteiger partial charge in [0.1, 0.15) is 5.52 Å². The Morgan fingerprint density at radius 2 is 1.69 bits per heavy atom. The van der Waals surface area contributed by atoms with Gasteiger partial charge in [0, 0.05) is 7.14 Å². The molecule has 0 aliphatic heterocycles. The van der Waals surface area contributed by atoms with Crippen molar-refractivity contribution >= 4 is 67.2 Å². The van der Waals surface area contributed by atoms with Crippen molar-refractivity contribution in [2.45, 2.75) is 0 Å². The van der Waals surface area contributed by atoms with Crippen molar-refractivity contribution in [2.24, 2.45) is 0 Å². The number of hydrogen-bond donors (Lipinski definition) is 0. The summed E-state index contributed by atoms with van der Waals surface area (Å²) in [5, 5.41) is 0. The minimum absolute atomic E-state index is 0.954. The zero-order valence-corrected chi connectivity index (χ0v) is 12.4. The number of fused-ring (bicyclic) bond motifs is 2. The Hall–Kier alpha value is -0.500. The molecule has 0 aliphatic carbocycles. The number of nitrogens with zero attached hydrogens (tertiary/aromatic N) is 2. The zero-order valence-electron chi connectivity index (χ0n) is 8.11. The van der Waals surface area contributed by atoms with E-state index in [0.29, 0.717) is 0 Å². The molecule has 0 aliphatic rings. The third kappa shape index (κ3) is 1.77. The Morgan fingerprint density at radius 1 is 0.812 bits per heavy atom. The second-order valence-electron chi connectivity index (χ2n) is 3.46. The molecule has 0 amide bonds. The molecule has 1 aromatic heterocycles. The average Bonchev–Trinajstić information content (AvgIpc) is 2.28. The maximum Gasteiger partial charge on any atom is 0.103 e. The molecule has 0 fully saturated rings. The van der Waals surface area contributed by atoms with Crippen molar-refractivity contribution < 1.29 is 0 Å². The summed E-state index contributed by atoms with van der Waals surface area (Å²) in [5.41, 5.74) is 3.86. The van der Waals surface area contributed by atoms with Gasteiger partial charge in [-0.3, -0.25) is 0 Å². The highest BCUT2D eigenvalue weighted by atomic mass is 127. The van der Waals surface area contributed by atoms with Gasteiger partial charge in [-0.15, -0.1) is 0 Å². The van der Waals surface area contributed by atoms with Crippen molar-refractivity contribution in [1.82, 2.24) is 9.97 Å². The third-order valence-electron chi connectivity index (χ3n) is 2.38. The van der Waals surface area contributed by atoms with Crippen molar-refractivity contribution in [3.05, 3.63) is 43.5 Å². The molecule has 3 aromatic rings. The second kappa shape index (κ2) is 4.06. The predicted molar refractivity (Wildman–Crippen MR) is 82.5 cm³/mol. The summed E-state index contributed by atoms with van der Waals surface area (Å²) in [7, 11) is 0. The first-order valence-corrected chi connectivity index (χ1v) is 6.91. The molecule has 0 bridgehead atoms. The molecule has 0 N–H and O–H groups in total. The molecule has 0 unspecified atom stereocenters. The van der Waals surface area contributed by atoms with Crippen LogP contribution in [-0.2, 0) is 0 Å². The monoisotopic (exact) mass is 432 g/mol. The molecule has 1 heterocycles. The van der Waals surface area contributed by atoms with E-state index in [1.165, 1.54) is 3.57 Å². The van der Waals surface area contributed by atoms with Gasteiger partial charge in [-0.1, -0.05) is 6.07 Å². The summed E-state index contributed by atoms with van der Waals surface area (Å²) >= 11 is 4.59.